The van der Waals surface area contributed by atoms with E-state index in [-0.39, 0.29) is 6.04 Å². The lowest BCUT2D eigenvalue weighted by atomic mass is 10.1. The monoisotopic (exact) mass is 304 g/mol. The molecule has 0 spiro atoms. The average molecular weight is 305 g/mol. The first kappa shape index (κ1) is 12.0. The van der Waals surface area contributed by atoms with Gasteiger partial charge in [-0.3, -0.25) is 4.98 Å². The normalized spacial score (nSPS) is 22.5. The Labute approximate surface area is 104 Å². The Kier molecular flexibility index (Phi) is 3.32. The molecule has 1 fully saturated rings. The zero-order valence-corrected chi connectivity index (χ0v) is 11.3. The highest BCUT2D eigenvalue weighted by Crippen LogP contribution is 2.32. The van der Waals surface area contributed by atoms with Crippen molar-refractivity contribution in [2.24, 2.45) is 0 Å². The Hall–Kier alpha value is -0.460. The summed E-state index contributed by atoms with van der Waals surface area (Å²) >= 11 is 3.31. The molecule has 16 heavy (non-hydrogen) atoms. The molecule has 1 aliphatic heterocycles. The van der Waals surface area contributed by atoms with Crippen LogP contribution in [-0.2, 0) is 10.0 Å². The number of hydrogen-bond donors (Lipinski definition) is 0. The Morgan fingerprint density at radius 2 is 2.25 bits per heavy atom. The van der Waals surface area contributed by atoms with Crippen LogP contribution in [0, 0.1) is 0 Å². The number of rotatable bonds is 2. The van der Waals surface area contributed by atoms with Crippen molar-refractivity contribution in [3.8, 4) is 0 Å². The van der Waals surface area contributed by atoms with Gasteiger partial charge in [0.1, 0.15) is 0 Å². The molecule has 0 aliphatic carbocycles. The van der Waals surface area contributed by atoms with Crippen molar-refractivity contribution in [3.05, 3.63) is 28.5 Å². The molecule has 0 saturated carbocycles. The van der Waals surface area contributed by atoms with E-state index in [0.717, 1.165) is 23.0 Å². The van der Waals surface area contributed by atoms with Gasteiger partial charge in [-0.2, -0.15) is 4.31 Å². The van der Waals surface area contributed by atoms with E-state index in [1.807, 2.05) is 12.1 Å². The van der Waals surface area contributed by atoms with Gasteiger partial charge in [-0.25, -0.2) is 8.42 Å². The molecule has 0 N–H and O–H groups in total. The molecule has 1 saturated heterocycles. The quantitative estimate of drug-likeness (QED) is 0.839. The van der Waals surface area contributed by atoms with Gasteiger partial charge in [0.15, 0.2) is 0 Å². The molecule has 0 bridgehead atoms. The summed E-state index contributed by atoms with van der Waals surface area (Å²) in [5, 5.41) is 0. The number of pyridine rings is 1. The fraction of sp³-hybridized carbons (Fsp3) is 0.500. The molecule has 2 heterocycles. The third kappa shape index (κ3) is 2.44. The summed E-state index contributed by atoms with van der Waals surface area (Å²) in [7, 11) is -3.13. The van der Waals surface area contributed by atoms with Crippen LogP contribution in [0.1, 0.15) is 24.6 Å². The molecule has 1 aromatic heterocycles. The van der Waals surface area contributed by atoms with Crippen molar-refractivity contribution >= 4 is 26.0 Å². The maximum Gasteiger partial charge on any atom is 0.211 e. The highest BCUT2D eigenvalue weighted by molar-refractivity contribution is 9.10. The molecule has 0 amide bonds. The second kappa shape index (κ2) is 4.43. The lowest BCUT2D eigenvalue weighted by Crippen LogP contribution is -2.29. The number of nitrogens with zero attached hydrogens (tertiary/aromatic N) is 2. The summed E-state index contributed by atoms with van der Waals surface area (Å²) in [5.41, 5.74) is 0.825. The topological polar surface area (TPSA) is 50.3 Å². The van der Waals surface area contributed by atoms with Gasteiger partial charge in [0.05, 0.1) is 18.0 Å². The third-order valence-corrected chi connectivity index (χ3v) is 4.48. The fourth-order valence-corrected chi connectivity index (χ4v) is 3.39. The smallest absolute Gasteiger partial charge is 0.211 e. The fourth-order valence-electron chi connectivity index (χ4n) is 2.02. The highest BCUT2D eigenvalue weighted by atomic mass is 79.9. The first-order chi connectivity index (χ1) is 7.48. The zero-order valence-electron chi connectivity index (χ0n) is 8.93. The van der Waals surface area contributed by atoms with Crippen LogP contribution in [0.25, 0.3) is 0 Å². The van der Waals surface area contributed by atoms with E-state index in [1.165, 1.54) is 10.6 Å². The summed E-state index contributed by atoms with van der Waals surface area (Å²) < 4.78 is 25.6. The minimum absolute atomic E-state index is 0.0944. The van der Waals surface area contributed by atoms with E-state index in [0.29, 0.717) is 6.54 Å². The van der Waals surface area contributed by atoms with Crippen LogP contribution < -0.4 is 0 Å². The van der Waals surface area contributed by atoms with Gasteiger partial charge in [0.2, 0.25) is 10.0 Å². The van der Waals surface area contributed by atoms with Gasteiger partial charge in [-0.05, 0) is 40.9 Å². The third-order valence-electron chi connectivity index (χ3n) is 2.72. The van der Waals surface area contributed by atoms with Gasteiger partial charge in [0.25, 0.3) is 0 Å². The second-order valence-corrected chi connectivity index (χ2v) is 6.78. The molecule has 2 rings (SSSR count). The van der Waals surface area contributed by atoms with Gasteiger partial charge >= 0.3 is 0 Å². The number of hydrogen-bond acceptors (Lipinski definition) is 3. The van der Waals surface area contributed by atoms with Gasteiger partial charge in [0, 0.05) is 17.2 Å². The van der Waals surface area contributed by atoms with E-state index < -0.39 is 10.0 Å². The number of aromatic nitrogens is 1. The molecule has 1 aromatic rings. The average Bonchev–Trinajstić information content (AvgIpc) is 2.66. The first-order valence-corrected chi connectivity index (χ1v) is 7.71. The molecule has 6 heteroatoms. The molecule has 1 atom stereocenters. The summed E-state index contributed by atoms with van der Waals surface area (Å²) in [5.74, 6) is 0. The Morgan fingerprint density at radius 3 is 2.81 bits per heavy atom. The van der Waals surface area contributed by atoms with Crippen molar-refractivity contribution in [1.29, 1.82) is 0 Å². The lowest BCUT2D eigenvalue weighted by Gasteiger charge is -2.21. The maximum absolute atomic E-state index is 11.6. The Bertz CT molecular complexity index is 472. The van der Waals surface area contributed by atoms with Crippen LogP contribution in [-0.4, -0.2) is 30.5 Å². The van der Waals surface area contributed by atoms with E-state index in [2.05, 4.69) is 20.9 Å². The molecule has 1 aliphatic rings. The largest absolute Gasteiger partial charge is 0.258 e. The molecular weight excluding hydrogens is 292 g/mol. The molecule has 4 nitrogen and oxygen atoms in total. The lowest BCUT2D eigenvalue weighted by molar-refractivity contribution is 0.394. The Morgan fingerprint density at radius 1 is 1.50 bits per heavy atom. The van der Waals surface area contributed by atoms with Gasteiger partial charge < -0.3 is 0 Å². The van der Waals surface area contributed by atoms with Crippen molar-refractivity contribution in [2.45, 2.75) is 18.9 Å². The van der Waals surface area contributed by atoms with E-state index in [1.54, 1.807) is 6.20 Å². The highest BCUT2D eigenvalue weighted by Gasteiger charge is 2.33. The summed E-state index contributed by atoms with van der Waals surface area (Å²) in [6.45, 7) is 0.598. The van der Waals surface area contributed by atoms with Crippen molar-refractivity contribution < 1.29 is 8.42 Å². The number of sulfonamides is 1. The summed E-state index contributed by atoms with van der Waals surface area (Å²) in [6.07, 6.45) is 4.70. The van der Waals surface area contributed by atoms with Gasteiger partial charge in [-0.15, -0.1) is 0 Å². The molecule has 88 valence electrons. The van der Waals surface area contributed by atoms with Crippen molar-refractivity contribution in [2.75, 3.05) is 12.8 Å². The standard InChI is InChI=1S/C10H13BrN2O2S/c1-16(14,15)13-6-2-3-10(13)9-5-4-8(11)7-12-9/h4-5,7,10H,2-3,6H2,1H3/t10-/m0/s1. The van der Waals surface area contributed by atoms with E-state index in [9.17, 15) is 8.42 Å². The summed E-state index contributed by atoms with van der Waals surface area (Å²) in [6, 6.07) is 3.67. The van der Waals surface area contributed by atoms with Crippen LogP contribution in [0.3, 0.4) is 0 Å². The molecule has 0 radical (unpaired) electrons. The van der Waals surface area contributed by atoms with E-state index in [4.69, 9.17) is 0 Å². The van der Waals surface area contributed by atoms with Crippen LogP contribution in [0.4, 0.5) is 0 Å². The first-order valence-electron chi connectivity index (χ1n) is 5.07. The second-order valence-electron chi connectivity index (χ2n) is 3.93. The van der Waals surface area contributed by atoms with Crippen LogP contribution in [0.5, 0.6) is 0 Å². The predicted octanol–water partition coefficient (Wildman–Crippen LogP) is 1.94. The zero-order chi connectivity index (χ0) is 11.8. The minimum atomic E-state index is -3.13. The minimum Gasteiger partial charge on any atom is -0.258 e. The van der Waals surface area contributed by atoms with Gasteiger partial charge in [-0.1, -0.05) is 0 Å². The van der Waals surface area contributed by atoms with Crippen LogP contribution in [0.15, 0.2) is 22.8 Å². The molecule has 0 aromatic carbocycles. The molecular formula is C10H13BrN2O2S. The van der Waals surface area contributed by atoms with E-state index >= 15 is 0 Å². The van der Waals surface area contributed by atoms with Crippen LogP contribution in [0.2, 0.25) is 0 Å². The van der Waals surface area contributed by atoms with Crippen molar-refractivity contribution in [1.82, 2.24) is 9.29 Å². The summed E-state index contributed by atoms with van der Waals surface area (Å²) in [4.78, 5) is 4.27. The number of halogens is 1. The SMILES string of the molecule is CS(=O)(=O)N1CCC[C@H]1c1ccc(Br)cn1. The maximum atomic E-state index is 11.6. The Balaban J connectivity index is 2.30. The van der Waals surface area contributed by atoms with Crippen molar-refractivity contribution in [3.63, 3.8) is 0 Å². The van der Waals surface area contributed by atoms with Crippen LogP contribution >= 0.6 is 15.9 Å². The molecule has 0 unspecified atom stereocenters. The predicted molar refractivity (Wildman–Crippen MR) is 65.5 cm³/mol.